The van der Waals surface area contributed by atoms with Gasteiger partial charge in [0, 0.05) is 11.1 Å². The summed E-state index contributed by atoms with van der Waals surface area (Å²) in [4.78, 5) is 12.0. The van der Waals surface area contributed by atoms with Gasteiger partial charge in [-0.1, -0.05) is 24.3 Å². The van der Waals surface area contributed by atoms with E-state index >= 15 is 0 Å². The Morgan fingerprint density at radius 3 is 2.18 bits per heavy atom. The van der Waals surface area contributed by atoms with Crippen molar-refractivity contribution in [2.24, 2.45) is 0 Å². The first-order valence-corrected chi connectivity index (χ1v) is 5.20. The van der Waals surface area contributed by atoms with E-state index in [1.807, 2.05) is 36.4 Å². The molecule has 0 radical (unpaired) electrons. The highest BCUT2D eigenvalue weighted by Crippen LogP contribution is 2.22. The van der Waals surface area contributed by atoms with E-state index < -0.39 is 0 Å². The van der Waals surface area contributed by atoms with Gasteiger partial charge in [-0.05, 0) is 12.1 Å². The normalized spacial score (nSPS) is 10.4. The highest BCUT2D eigenvalue weighted by Gasteiger charge is 2.03. The highest BCUT2D eigenvalue weighted by atomic mass is 16.3. The summed E-state index contributed by atoms with van der Waals surface area (Å²) in [5.41, 5.74) is 2.00. The van der Waals surface area contributed by atoms with Crippen LogP contribution in [0, 0.1) is 0 Å². The van der Waals surface area contributed by atoms with E-state index in [1.165, 1.54) is 12.7 Å². The summed E-state index contributed by atoms with van der Waals surface area (Å²) in [6.45, 7) is 0. The lowest BCUT2D eigenvalue weighted by molar-refractivity contribution is 0.582. The molecular weight excluding hydrogens is 214 g/mol. The molecule has 2 heterocycles. The quantitative estimate of drug-likeness (QED) is 0.670. The van der Waals surface area contributed by atoms with E-state index in [0.29, 0.717) is 5.82 Å². The molecule has 0 saturated heterocycles. The van der Waals surface area contributed by atoms with Crippen LogP contribution in [-0.2, 0) is 0 Å². The van der Waals surface area contributed by atoms with E-state index in [4.69, 9.17) is 4.42 Å². The smallest absolute Gasteiger partial charge is 0.162 e. The van der Waals surface area contributed by atoms with E-state index in [2.05, 4.69) is 15.0 Å². The zero-order valence-electron chi connectivity index (χ0n) is 8.95. The van der Waals surface area contributed by atoms with Gasteiger partial charge in [-0.25, -0.2) is 15.0 Å². The Balaban J connectivity index is 1.96. The number of hydrogen-bond acceptors (Lipinski definition) is 4. The predicted molar refractivity (Wildman–Crippen MR) is 63.0 cm³/mol. The fraction of sp³-hybridized carbons (Fsp3) is 0. The molecule has 0 fully saturated rings. The molecule has 0 N–H and O–H groups in total. The third-order valence-corrected chi connectivity index (χ3v) is 2.44. The lowest BCUT2D eigenvalue weighted by atomic mass is 10.1. The van der Waals surface area contributed by atoms with Gasteiger partial charge < -0.3 is 4.42 Å². The van der Waals surface area contributed by atoms with Gasteiger partial charge in [0.25, 0.3) is 0 Å². The molecule has 0 aliphatic carbocycles. The molecule has 0 amide bonds. The average Bonchev–Trinajstić information content (AvgIpc) is 2.94. The summed E-state index contributed by atoms with van der Waals surface area (Å²) in [5, 5.41) is 0. The average molecular weight is 223 g/mol. The van der Waals surface area contributed by atoms with E-state index in [0.717, 1.165) is 16.9 Å². The van der Waals surface area contributed by atoms with Crippen LogP contribution in [-0.4, -0.2) is 15.0 Å². The molecule has 4 nitrogen and oxygen atoms in total. The molecule has 0 spiro atoms. The van der Waals surface area contributed by atoms with Crippen molar-refractivity contribution < 1.29 is 4.42 Å². The molecule has 0 saturated carbocycles. The summed E-state index contributed by atoms with van der Waals surface area (Å²) in [6.07, 6.45) is 4.64. The molecule has 82 valence electrons. The second-order valence-electron chi connectivity index (χ2n) is 3.52. The van der Waals surface area contributed by atoms with Crippen LogP contribution in [0.1, 0.15) is 0 Å². The summed E-state index contributed by atoms with van der Waals surface area (Å²) in [7, 11) is 0. The van der Waals surface area contributed by atoms with Gasteiger partial charge in [-0.2, -0.15) is 0 Å². The Morgan fingerprint density at radius 1 is 0.824 bits per heavy atom. The van der Waals surface area contributed by atoms with Crippen LogP contribution < -0.4 is 0 Å². The topological polar surface area (TPSA) is 51.8 Å². The second-order valence-corrected chi connectivity index (χ2v) is 3.52. The van der Waals surface area contributed by atoms with Gasteiger partial charge >= 0.3 is 0 Å². The van der Waals surface area contributed by atoms with Crippen LogP contribution >= 0.6 is 0 Å². The Labute approximate surface area is 98.0 Å². The summed E-state index contributed by atoms with van der Waals surface area (Å²) in [6, 6.07) is 11.7. The Bertz CT molecular complexity index is 588. The van der Waals surface area contributed by atoms with Gasteiger partial charge in [0.15, 0.2) is 5.82 Å². The second kappa shape index (κ2) is 4.17. The lowest BCUT2D eigenvalue weighted by Crippen LogP contribution is -1.88. The Morgan fingerprint density at radius 2 is 1.53 bits per heavy atom. The molecule has 1 aromatic carbocycles. The largest absolute Gasteiger partial charge is 0.464 e. The zero-order chi connectivity index (χ0) is 11.5. The van der Waals surface area contributed by atoms with E-state index in [9.17, 15) is 0 Å². The maximum absolute atomic E-state index is 5.32. The summed E-state index contributed by atoms with van der Waals surface area (Å²) < 4.78 is 5.32. The van der Waals surface area contributed by atoms with Crippen molar-refractivity contribution in [1.82, 2.24) is 15.0 Å². The Hall–Kier alpha value is -2.49. The molecule has 3 rings (SSSR count). The lowest BCUT2D eigenvalue weighted by Gasteiger charge is -2.00. The number of rotatable bonds is 2. The number of hydrogen-bond donors (Lipinski definition) is 0. The number of furan rings is 1. The minimum atomic E-state index is 0.672. The SMILES string of the molecule is c1coc(-c2ccc(-c3ncncn3)cc2)c1. The molecule has 0 atom stereocenters. The number of aromatic nitrogens is 3. The van der Waals surface area contributed by atoms with Crippen molar-refractivity contribution in [3.8, 4) is 22.7 Å². The van der Waals surface area contributed by atoms with Crippen molar-refractivity contribution >= 4 is 0 Å². The minimum Gasteiger partial charge on any atom is -0.464 e. The highest BCUT2D eigenvalue weighted by molar-refractivity contribution is 5.63. The van der Waals surface area contributed by atoms with E-state index in [1.54, 1.807) is 6.26 Å². The molecule has 0 bridgehead atoms. The van der Waals surface area contributed by atoms with Crippen LogP contribution in [0.5, 0.6) is 0 Å². The van der Waals surface area contributed by atoms with E-state index in [-0.39, 0.29) is 0 Å². The number of nitrogens with zero attached hydrogens (tertiary/aromatic N) is 3. The first-order chi connectivity index (χ1) is 8.43. The van der Waals surface area contributed by atoms with Crippen LogP contribution in [0.3, 0.4) is 0 Å². The van der Waals surface area contributed by atoms with Gasteiger partial charge in [0.05, 0.1) is 6.26 Å². The fourth-order valence-corrected chi connectivity index (χ4v) is 1.61. The van der Waals surface area contributed by atoms with Crippen LogP contribution in [0.2, 0.25) is 0 Å². The summed E-state index contributed by atoms with van der Waals surface area (Å²) in [5.74, 6) is 1.53. The maximum atomic E-state index is 5.32. The summed E-state index contributed by atoms with van der Waals surface area (Å²) >= 11 is 0. The third-order valence-electron chi connectivity index (χ3n) is 2.44. The minimum absolute atomic E-state index is 0.672. The maximum Gasteiger partial charge on any atom is 0.162 e. The van der Waals surface area contributed by atoms with Crippen molar-refractivity contribution in [3.63, 3.8) is 0 Å². The number of benzene rings is 1. The van der Waals surface area contributed by atoms with Crippen LogP contribution in [0.25, 0.3) is 22.7 Å². The predicted octanol–water partition coefficient (Wildman–Crippen LogP) is 2.80. The molecule has 4 heteroatoms. The van der Waals surface area contributed by atoms with Gasteiger partial charge in [-0.3, -0.25) is 0 Å². The molecule has 2 aromatic heterocycles. The van der Waals surface area contributed by atoms with Gasteiger partial charge in [-0.15, -0.1) is 0 Å². The van der Waals surface area contributed by atoms with Crippen LogP contribution in [0.15, 0.2) is 59.7 Å². The zero-order valence-corrected chi connectivity index (χ0v) is 8.95. The van der Waals surface area contributed by atoms with Gasteiger partial charge in [0.1, 0.15) is 18.4 Å². The van der Waals surface area contributed by atoms with Gasteiger partial charge in [0.2, 0.25) is 0 Å². The monoisotopic (exact) mass is 223 g/mol. The van der Waals surface area contributed by atoms with Crippen molar-refractivity contribution in [3.05, 3.63) is 55.3 Å². The van der Waals surface area contributed by atoms with Crippen LogP contribution in [0.4, 0.5) is 0 Å². The molecule has 0 aliphatic rings. The Kier molecular flexibility index (Phi) is 2.38. The fourth-order valence-electron chi connectivity index (χ4n) is 1.61. The standard InChI is InChI=1S/C13H9N3O/c1-2-12(17-7-1)10-3-5-11(6-4-10)13-15-8-14-9-16-13/h1-9H. The molecule has 0 unspecified atom stereocenters. The molecule has 3 aromatic rings. The third kappa shape index (κ3) is 1.92. The molecular formula is C13H9N3O. The molecule has 17 heavy (non-hydrogen) atoms. The molecule has 0 aliphatic heterocycles. The van der Waals surface area contributed by atoms with Crippen molar-refractivity contribution in [2.45, 2.75) is 0 Å². The van der Waals surface area contributed by atoms with Crippen molar-refractivity contribution in [2.75, 3.05) is 0 Å². The first kappa shape index (κ1) is 9.72. The van der Waals surface area contributed by atoms with Crippen molar-refractivity contribution in [1.29, 1.82) is 0 Å². The first-order valence-electron chi connectivity index (χ1n) is 5.20.